The zero-order valence-corrected chi connectivity index (χ0v) is 12.3. The van der Waals surface area contributed by atoms with E-state index in [1.54, 1.807) is 0 Å². The van der Waals surface area contributed by atoms with Crippen LogP contribution in [0.5, 0.6) is 0 Å². The normalized spacial score (nSPS) is 24.3. The lowest BCUT2D eigenvalue weighted by Crippen LogP contribution is -2.10. The summed E-state index contributed by atoms with van der Waals surface area (Å²) in [5.41, 5.74) is 1.82. The first-order chi connectivity index (χ1) is 9.46. The Balaban J connectivity index is 1.93. The minimum absolute atomic E-state index is 0.0400. The molecule has 0 heterocycles. The van der Waals surface area contributed by atoms with Crippen molar-refractivity contribution in [2.24, 2.45) is 17.3 Å². The van der Waals surface area contributed by atoms with Crippen molar-refractivity contribution in [1.29, 1.82) is 0 Å². The molecule has 1 aromatic rings. The minimum Gasteiger partial charge on any atom is -0.461 e. The first-order valence-corrected chi connectivity index (χ1v) is 6.95. The highest BCUT2D eigenvalue weighted by molar-refractivity contribution is 5.78. The van der Waals surface area contributed by atoms with E-state index in [-0.39, 0.29) is 29.8 Å². The molecule has 1 saturated carbocycles. The Bertz CT molecular complexity index is 502. The zero-order chi connectivity index (χ0) is 14.8. The van der Waals surface area contributed by atoms with Gasteiger partial charge in [-0.2, -0.15) is 0 Å². The van der Waals surface area contributed by atoms with Crippen molar-refractivity contribution >= 4 is 5.97 Å². The molecule has 0 aliphatic heterocycles. The number of hydrogen-bond acceptors (Lipinski definition) is 3. The highest BCUT2D eigenvalue weighted by atomic mass is 16.5. The number of aliphatic hydroxyl groups excluding tert-OH is 1. The maximum absolute atomic E-state index is 12.2. The predicted molar refractivity (Wildman–Crippen MR) is 77.8 cm³/mol. The molecule has 0 bridgehead atoms. The SMILES string of the molecule is CC(=CC1C(C(=O)OCc2ccccc2)C1(C)C)CO. The van der Waals surface area contributed by atoms with Crippen molar-refractivity contribution in [1.82, 2.24) is 0 Å². The standard InChI is InChI=1S/C17H22O3/c1-12(10-18)9-14-15(17(14,2)3)16(19)20-11-13-7-5-4-6-8-13/h4-9,14-15,18H,10-11H2,1-3H3. The van der Waals surface area contributed by atoms with Crippen molar-refractivity contribution in [3.63, 3.8) is 0 Å². The molecular formula is C17H22O3. The summed E-state index contributed by atoms with van der Waals surface area (Å²) in [7, 11) is 0. The molecule has 108 valence electrons. The van der Waals surface area contributed by atoms with Gasteiger partial charge in [0.15, 0.2) is 0 Å². The molecular weight excluding hydrogens is 252 g/mol. The highest BCUT2D eigenvalue weighted by Crippen LogP contribution is 2.59. The van der Waals surface area contributed by atoms with Crippen molar-refractivity contribution in [3.8, 4) is 0 Å². The maximum Gasteiger partial charge on any atom is 0.310 e. The average molecular weight is 274 g/mol. The van der Waals surface area contributed by atoms with E-state index >= 15 is 0 Å². The number of carbonyl (C=O) groups is 1. The number of esters is 1. The first-order valence-electron chi connectivity index (χ1n) is 6.95. The third kappa shape index (κ3) is 3.10. The third-order valence-corrected chi connectivity index (χ3v) is 4.10. The maximum atomic E-state index is 12.2. The van der Waals surface area contributed by atoms with Crippen LogP contribution in [0.4, 0.5) is 0 Å². The van der Waals surface area contributed by atoms with Crippen LogP contribution >= 0.6 is 0 Å². The van der Waals surface area contributed by atoms with Crippen molar-refractivity contribution in [2.75, 3.05) is 6.61 Å². The predicted octanol–water partition coefficient (Wildman–Crippen LogP) is 2.94. The van der Waals surface area contributed by atoms with Crippen LogP contribution < -0.4 is 0 Å². The monoisotopic (exact) mass is 274 g/mol. The molecule has 2 atom stereocenters. The lowest BCUT2D eigenvalue weighted by molar-refractivity contribution is -0.147. The summed E-state index contributed by atoms with van der Waals surface area (Å²) in [6.07, 6.45) is 1.99. The smallest absolute Gasteiger partial charge is 0.310 e. The lowest BCUT2D eigenvalue weighted by Gasteiger charge is -2.05. The molecule has 3 nitrogen and oxygen atoms in total. The van der Waals surface area contributed by atoms with Crippen LogP contribution in [-0.4, -0.2) is 17.7 Å². The fraction of sp³-hybridized carbons (Fsp3) is 0.471. The van der Waals surface area contributed by atoms with Crippen LogP contribution in [0.15, 0.2) is 42.0 Å². The fourth-order valence-electron chi connectivity index (χ4n) is 2.62. The second-order valence-electron chi connectivity index (χ2n) is 6.09. The summed E-state index contributed by atoms with van der Waals surface area (Å²) in [4.78, 5) is 12.2. The van der Waals surface area contributed by atoms with Gasteiger partial charge in [0.25, 0.3) is 0 Å². The van der Waals surface area contributed by atoms with Gasteiger partial charge >= 0.3 is 5.97 Å². The summed E-state index contributed by atoms with van der Waals surface area (Å²) < 4.78 is 5.40. The molecule has 1 fully saturated rings. The van der Waals surface area contributed by atoms with Gasteiger partial charge in [-0.05, 0) is 23.8 Å². The lowest BCUT2D eigenvalue weighted by atomic mass is 10.1. The summed E-state index contributed by atoms with van der Waals surface area (Å²) in [5.74, 6) is -0.0866. The molecule has 1 N–H and O–H groups in total. The molecule has 1 aliphatic carbocycles. The second kappa shape index (κ2) is 5.80. The number of carbonyl (C=O) groups excluding carboxylic acids is 1. The molecule has 0 saturated heterocycles. The van der Waals surface area contributed by atoms with Gasteiger partial charge < -0.3 is 9.84 Å². The molecule has 3 heteroatoms. The highest BCUT2D eigenvalue weighted by Gasteiger charge is 2.61. The Morgan fingerprint density at radius 3 is 2.60 bits per heavy atom. The molecule has 0 aromatic heterocycles. The summed E-state index contributed by atoms with van der Waals surface area (Å²) >= 11 is 0. The van der Waals surface area contributed by atoms with Crippen molar-refractivity contribution in [2.45, 2.75) is 27.4 Å². The number of hydrogen-bond donors (Lipinski definition) is 1. The largest absolute Gasteiger partial charge is 0.461 e. The number of aliphatic hydroxyl groups is 1. The van der Waals surface area contributed by atoms with E-state index < -0.39 is 0 Å². The van der Waals surface area contributed by atoms with Gasteiger partial charge in [-0.15, -0.1) is 0 Å². The molecule has 0 spiro atoms. The Labute approximate surface area is 120 Å². The second-order valence-corrected chi connectivity index (χ2v) is 6.09. The van der Waals surface area contributed by atoms with E-state index in [1.165, 1.54) is 0 Å². The molecule has 2 unspecified atom stereocenters. The van der Waals surface area contributed by atoms with E-state index in [0.717, 1.165) is 11.1 Å². The van der Waals surface area contributed by atoms with Crippen molar-refractivity contribution < 1.29 is 14.6 Å². The van der Waals surface area contributed by atoms with E-state index in [2.05, 4.69) is 13.8 Å². The number of rotatable bonds is 5. The molecule has 0 amide bonds. The van der Waals surface area contributed by atoms with Crippen LogP contribution in [-0.2, 0) is 16.1 Å². The van der Waals surface area contributed by atoms with E-state index in [9.17, 15) is 4.79 Å². The quantitative estimate of drug-likeness (QED) is 0.663. The summed E-state index contributed by atoms with van der Waals surface area (Å²) in [5, 5.41) is 9.07. The Morgan fingerprint density at radius 1 is 1.35 bits per heavy atom. The minimum atomic E-state index is -0.147. The molecule has 2 rings (SSSR count). The van der Waals surface area contributed by atoms with Crippen LogP contribution in [0, 0.1) is 17.3 Å². The van der Waals surface area contributed by atoms with Crippen LogP contribution in [0.3, 0.4) is 0 Å². The van der Waals surface area contributed by atoms with Gasteiger partial charge in [0, 0.05) is 0 Å². The molecule has 1 aliphatic rings. The number of allylic oxidation sites excluding steroid dienone is 1. The summed E-state index contributed by atoms with van der Waals surface area (Å²) in [6, 6.07) is 9.69. The summed E-state index contributed by atoms with van der Waals surface area (Å²) in [6.45, 7) is 6.36. The number of ether oxygens (including phenoxy) is 1. The molecule has 20 heavy (non-hydrogen) atoms. The Morgan fingerprint density at radius 2 is 2.00 bits per heavy atom. The van der Waals surface area contributed by atoms with Gasteiger partial charge in [-0.25, -0.2) is 0 Å². The Hall–Kier alpha value is -1.61. The Kier molecular flexibility index (Phi) is 4.29. The third-order valence-electron chi connectivity index (χ3n) is 4.10. The van der Waals surface area contributed by atoms with Gasteiger partial charge in [0.2, 0.25) is 0 Å². The zero-order valence-electron chi connectivity index (χ0n) is 12.3. The van der Waals surface area contributed by atoms with Gasteiger partial charge in [0.1, 0.15) is 6.61 Å². The average Bonchev–Trinajstić information content (AvgIpc) is 2.98. The van der Waals surface area contributed by atoms with Gasteiger partial charge in [0.05, 0.1) is 12.5 Å². The van der Waals surface area contributed by atoms with Crippen LogP contribution in [0.2, 0.25) is 0 Å². The van der Waals surface area contributed by atoms with E-state index in [0.29, 0.717) is 6.61 Å². The number of benzene rings is 1. The van der Waals surface area contributed by atoms with Crippen LogP contribution in [0.25, 0.3) is 0 Å². The molecule has 1 aromatic carbocycles. The van der Waals surface area contributed by atoms with Gasteiger partial charge in [-0.3, -0.25) is 4.79 Å². The van der Waals surface area contributed by atoms with E-state index in [4.69, 9.17) is 9.84 Å². The topological polar surface area (TPSA) is 46.5 Å². The van der Waals surface area contributed by atoms with Crippen molar-refractivity contribution in [3.05, 3.63) is 47.5 Å². The fourth-order valence-corrected chi connectivity index (χ4v) is 2.62. The van der Waals surface area contributed by atoms with Gasteiger partial charge in [-0.1, -0.05) is 55.8 Å². The molecule has 0 radical (unpaired) electrons. The van der Waals surface area contributed by atoms with Crippen LogP contribution in [0.1, 0.15) is 26.3 Å². The first kappa shape index (κ1) is 14.8. The van der Waals surface area contributed by atoms with E-state index in [1.807, 2.05) is 43.3 Å².